The van der Waals surface area contributed by atoms with Gasteiger partial charge in [-0.05, 0) is 24.3 Å². The van der Waals surface area contributed by atoms with Gasteiger partial charge in [-0.2, -0.15) is 0 Å². The fourth-order valence-electron chi connectivity index (χ4n) is 1.52. The predicted molar refractivity (Wildman–Crippen MR) is 69.5 cm³/mol. The molecule has 94 valence electrons. The zero-order valence-corrected chi connectivity index (χ0v) is 10.6. The molecule has 1 aromatic carbocycles. The van der Waals surface area contributed by atoms with Crippen molar-refractivity contribution in [3.63, 3.8) is 0 Å². The monoisotopic (exact) mass is 285 g/mol. The van der Waals surface area contributed by atoms with Crippen molar-refractivity contribution in [1.82, 2.24) is 0 Å². The van der Waals surface area contributed by atoms with E-state index >= 15 is 0 Å². The lowest BCUT2D eigenvalue weighted by Gasteiger charge is -2.06. The molecule has 2 rings (SSSR count). The molecule has 0 atom stereocenters. The van der Waals surface area contributed by atoms with Crippen LogP contribution in [0.3, 0.4) is 0 Å². The van der Waals surface area contributed by atoms with Crippen LogP contribution in [-0.2, 0) is 6.54 Å². The van der Waals surface area contributed by atoms with E-state index < -0.39 is 5.97 Å². The van der Waals surface area contributed by atoms with Crippen LogP contribution in [0.5, 0.6) is 0 Å². The average molecular weight is 286 g/mol. The van der Waals surface area contributed by atoms with E-state index in [0.717, 1.165) is 0 Å². The lowest BCUT2D eigenvalue weighted by molar-refractivity contribution is 0.0661. The molecule has 1 aromatic heterocycles. The van der Waals surface area contributed by atoms with Gasteiger partial charge in [0.05, 0.1) is 6.26 Å². The number of carbonyl (C=O) groups is 1. The highest BCUT2D eigenvalue weighted by Gasteiger charge is 2.13. The Hall–Kier alpha value is -1.65. The van der Waals surface area contributed by atoms with Gasteiger partial charge in [0.15, 0.2) is 0 Å². The van der Waals surface area contributed by atoms with Gasteiger partial charge in [0.2, 0.25) is 5.76 Å². The topological polar surface area (TPSA) is 62.5 Å². The summed E-state index contributed by atoms with van der Waals surface area (Å²) in [5.74, 6) is -1.17. The summed E-state index contributed by atoms with van der Waals surface area (Å²) in [6.07, 6.45) is 1.34. The fourth-order valence-corrected chi connectivity index (χ4v) is 2.04. The minimum atomic E-state index is -1.10. The van der Waals surface area contributed by atoms with Crippen LogP contribution < -0.4 is 5.32 Å². The number of nitrogens with one attached hydrogen (secondary N) is 1. The lowest BCUT2D eigenvalue weighted by Crippen LogP contribution is -2.04. The molecular weight excluding hydrogens is 277 g/mol. The molecule has 0 bridgehead atoms. The Morgan fingerprint density at radius 2 is 1.94 bits per heavy atom. The minimum absolute atomic E-state index is 0.0735. The number of rotatable bonds is 4. The van der Waals surface area contributed by atoms with Crippen molar-refractivity contribution >= 4 is 34.9 Å². The van der Waals surface area contributed by atoms with Crippen molar-refractivity contribution in [1.29, 1.82) is 0 Å². The van der Waals surface area contributed by atoms with Crippen LogP contribution in [0.4, 0.5) is 5.69 Å². The van der Waals surface area contributed by atoms with Crippen LogP contribution in [0.25, 0.3) is 0 Å². The molecule has 0 saturated heterocycles. The quantitative estimate of drug-likeness (QED) is 0.894. The van der Waals surface area contributed by atoms with Gasteiger partial charge in [0.25, 0.3) is 0 Å². The second-order valence-corrected chi connectivity index (χ2v) is 4.46. The summed E-state index contributed by atoms with van der Waals surface area (Å²) in [5.41, 5.74) is 1.27. The maximum atomic E-state index is 10.8. The molecule has 0 fully saturated rings. The molecule has 2 aromatic rings. The summed E-state index contributed by atoms with van der Waals surface area (Å²) in [7, 11) is 0. The van der Waals surface area contributed by atoms with Gasteiger partial charge >= 0.3 is 5.97 Å². The van der Waals surface area contributed by atoms with E-state index in [1.54, 1.807) is 24.3 Å². The third kappa shape index (κ3) is 2.97. The van der Waals surface area contributed by atoms with Crippen LogP contribution in [0.1, 0.15) is 16.1 Å². The van der Waals surface area contributed by atoms with Crippen molar-refractivity contribution in [2.75, 3.05) is 5.32 Å². The zero-order valence-electron chi connectivity index (χ0n) is 9.11. The highest BCUT2D eigenvalue weighted by molar-refractivity contribution is 6.35. The second kappa shape index (κ2) is 5.33. The third-order valence-corrected chi connectivity index (χ3v) is 2.72. The molecule has 0 amide bonds. The van der Waals surface area contributed by atoms with Crippen LogP contribution in [0.2, 0.25) is 10.0 Å². The Labute approximate surface area is 113 Å². The first-order chi connectivity index (χ1) is 8.56. The normalized spacial score (nSPS) is 10.3. The average Bonchev–Trinajstić information content (AvgIpc) is 2.73. The molecule has 4 nitrogen and oxygen atoms in total. The standard InChI is InChI=1S/C12H9Cl2NO3/c13-8-3-9(14)5-10(4-8)15-6-7-1-2-18-11(7)12(16)17/h1-5,15H,6H2,(H,16,17). The summed E-state index contributed by atoms with van der Waals surface area (Å²) in [5, 5.41) is 12.9. The summed E-state index contributed by atoms with van der Waals surface area (Å²) < 4.78 is 4.87. The van der Waals surface area contributed by atoms with E-state index in [2.05, 4.69) is 5.32 Å². The van der Waals surface area contributed by atoms with E-state index in [-0.39, 0.29) is 5.76 Å². The Bertz CT molecular complexity index is 560. The molecule has 2 N–H and O–H groups in total. The van der Waals surface area contributed by atoms with Gasteiger partial charge < -0.3 is 14.8 Å². The van der Waals surface area contributed by atoms with E-state index in [9.17, 15) is 4.79 Å². The molecular formula is C12H9Cl2NO3. The van der Waals surface area contributed by atoms with Gasteiger partial charge in [0.1, 0.15) is 0 Å². The minimum Gasteiger partial charge on any atom is -0.475 e. The van der Waals surface area contributed by atoms with E-state index in [1.807, 2.05) is 0 Å². The number of anilines is 1. The first-order valence-electron chi connectivity index (χ1n) is 5.06. The fraction of sp³-hybridized carbons (Fsp3) is 0.0833. The number of carboxylic acid groups (broad SMARTS) is 1. The van der Waals surface area contributed by atoms with Gasteiger partial charge in [-0.3, -0.25) is 0 Å². The van der Waals surface area contributed by atoms with Gasteiger partial charge in [-0.25, -0.2) is 4.79 Å². The number of aromatic carboxylic acids is 1. The highest BCUT2D eigenvalue weighted by atomic mass is 35.5. The summed E-state index contributed by atoms with van der Waals surface area (Å²) in [4.78, 5) is 10.8. The molecule has 6 heteroatoms. The van der Waals surface area contributed by atoms with E-state index in [1.165, 1.54) is 6.26 Å². The number of carboxylic acids is 1. The molecule has 0 aliphatic heterocycles. The number of furan rings is 1. The van der Waals surface area contributed by atoms with Crippen LogP contribution >= 0.6 is 23.2 Å². The molecule has 18 heavy (non-hydrogen) atoms. The molecule has 0 spiro atoms. The maximum Gasteiger partial charge on any atom is 0.372 e. The van der Waals surface area contributed by atoms with Gasteiger partial charge in [-0.1, -0.05) is 23.2 Å². The smallest absolute Gasteiger partial charge is 0.372 e. The van der Waals surface area contributed by atoms with Crippen LogP contribution in [0.15, 0.2) is 34.9 Å². The largest absolute Gasteiger partial charge is 0.475 e. The molecule has 0 aliphatic rings. The summed E-state index contributed by atoms with van der Waals surface area (Å²) in [6, 6.07) is 6.62. The summed E-state index contributed by atoms with van der Waals surface area (Å²) >= 11 is 11.7. The third-order valence-electron chi connectivity index (χ3n) is 2.29. The van der Waals surface area contributed by atoms with Crippen molar-refractivity contribution in [3.8, 4) is 0 Å². The molecule has 0 radical (unpaired) electrons. The number of hydrogen-bond acceptors (Lipinski definition) is 3. The number of hydrogen-bond donors (Lipinski definition) is 2. The van der Waals surface area contributed by atoms with Crippen molar-refractivity contribution in [2.24, 2.45) is 0 Å². The Morgan fingerprint density at radius 1 is 1.28 bits per heavy atom. The lowest BCUT2D eigenvalue weighted by atomic mass is 10.2. The van der Waals surface area contributed by atoms with Crippen LogP contribution in [-0.4, -0.2) is 11.1 Å². The Balaban J connectivity index is 2.11. The van der Waals surface area contributed by atoms with E-state index in [0.29, 0.717) is 27.8 Å². The van der Waals surface area contributed by atoms with E-state index in [4.69, 9.17) is 32.7 Å². The molecule has 0 saturated carbocycles. The van der Waals surface area contributed by atoms with Gasteiger partial charge in [0, 0.05) is 27.8 Å². The Kier molecular flexibility index (Phi) is 3.79. The van der Waals surface area contributed by atoms with Crippen molar-refractivity contribution < 1.29 is 14.3 Å². The van der Waals surface area contributed by atoms with Crippen molar-refractivity contribution in [3.05, 3.63) is 51.9 Å². The number of benzene rings is 1. The SMILES string of the molecule is O=C(O)c1occc1CNc1cc(Cl)cc(Cl)c1. The number of halogens is 2. The first kappa shape index (κ1) is 12.8. The molecule has 1 heterocycles. The highest BCUT2D eigenvalue weighted by Crippen LogP contribution is 2.23. The zero-order chi connectivity index (χ0) is 13.1. The molecule has 0 aliphatic carbocycles. The van der Waals surface area contributed by atoms with Gasteiger partial charge in [-0.15, -0.1) is 0 Å². The maximum absolute atomic E-state index is 10.8. The summed E-state index contributed by atoms with van der Waals surface area (Å²) in [6.45, 7) is 0.314. The van der Waals surface area contributed by atoms with Crippen LogP contribution in [0, 0.1) is 0 Å². The first-order valence-corrected chi connectivity index (χ1v) is 5.81. The second-order valence-electron chi connectivity index (χ2n) is 3.59. The van der Waals surface area contributed by atoms with Crippen molar-refractivity contribution in [2.45, 2.75) is 6.54 Å². The molecule has 0 unspecified atom stereocenters. The Morgan fingerprint density at radius 3 is 2.56 bits per heavy atom. The predicted octanol–water partition coefficient (Wildman–Crippen LogP) is 3.90.